The van der Waals surface area contributed by atoms with Gasteiger partial charge in [-0.05, 0) is 30.0 Å². The minimum absolute atomic E-state index is 0.00917. The van der Waals surface area contributed by atoms with Crippen LogP contribution < -0.4 is 4.72 Å². The van der Waals surface area contributed by atoms with Crippen molar-refractivity contribution in [3.63, 3.8) is 0 Å². The highest BCUT2D eigenvalue weighted by Gasteiger charge is 2.47. The first-order valence-corrected chi connectivity index (χ1v) is 7.06. The number of hydrogen-bond acceptors (Lipinski definition) is 3. The first kappa shape index (κ1) is 13.0. The van der Waals surface area contributed by atoms with Crippen molar-refractivity contribution in [2.75, 3.05) is 0 Å². The molecule has 1 aliphatic rings. The van der Waals surface area contributed by atoms with Crippen molar-refractivity contribution in [3.05, 3.63) is 29.8 Å². The van der Waals surface area contributed by atoms with Gasteiger partial charge in [-0.3, -0.25) is 0 Å². The lowest BCUT2D eigenvalue weighted by Crippen LogP contribution is -2.28. The highest BCUT2D eigenvalue weighted by molar-refractivity contribution is 7.89. The van der Waals surface area contributed by atoms with E-state index in [9.17, 15) is 13.2 Å². The van der Waals surface area contributed by atoms with Gasteiger partial charge in [-0.15, -0.1) is 0 Å². The summed E-state index contributed by atoms with van der Waals surface area (Å²) in [5.74, 6) is -1.14. The van der Waals surface area contributed by atoms with Crippen molar-refractivity contribution in [2.45, 2.75) is 31.2 Å². The van der Waals surface area contributed by atoms with E-state index >= 15 is 0 Å². The van der Waals surface area contributed by atoms with Crippen LogP contribution in [0, 0.1) is 5.41 Å². The van der Waals surface area contributed by atoms with Crippen molar-refractivity contribution in [2.24, 2.45) is 5.41 Å². The van der Waals surface area contributed by atoms with Gasteiger partial charge in [0.05, 0.1) is 10.5 Å². The summed E-state index contributed by atoms with van der Waals surface area (Å²) in [7, 11) is -3.64. The molecule has 1 aliphatic carbocycles. The summed E-state index contributed by atoms with van der Waals surface area (Å²) in [5.41, 5.74) is -0.0507. The number of nitrogens with one attached hydrogen (secondary N) is 1. The molecule has 0 heterocycles. The number of carbonyl (C=O) groups is 1. The van der Waals surface area contributed by atoms with Crippen molar-refractivity contribution < 1.29 is 18.3 Å². The first-order chi connectivity index (χ1) is 8.22. The monoisotopic (exact) mass is 269 g/mol. The molecule has 0 spiro atoms. The minimum atomic E-state index is -3.64. The average molecular weight is 269 g/mol. The number of rotatable bonds is 4. The second kappa shape index (κ2) is 4.07. The number of aromatic carboxylic acids is 1. The highest BCUT2D eigenvalue weighted by atomic mass is 32.2. The van der Waals surface area contributed by atoms with Crippen LogP contribution >= 0.6 is 0 Å². The SMILES string of the molecule is CC1(C)CC1NS(=O)(=O)c1cccc(C(=O)O)c1. The second-order valence-electron chi connectivity index (χ2n) is 5.20. The molecule has 0 bridgehead atoms. The van der Waals surface area contributed by atoms with Gasteiger partial charge < -0.3 is 5.11 Å². The van der Waals surface area contributed by atoms with Gasteiger partial charge in [0.1, 0.15) is 0 Å². The Hall–Kier alpha value is -1.40. The fraction of sp³-hybridized carbons (Fsp3) is 0.417. The summed E-state index contributed by atoms with van der Waals surface area (Å²) < 4.78 is 26.7. The molecule has 0 amide bonds. The van der Waals surface area contributed by atoms with Gasteiger partial charge in [0.2, 0.25) is 10.0 Å². The van der Waals surface area contributed by atoms with Gasteiger partial charge in [-0.1, -0.05) is 19.9 Å². The van der Waals surface area contributed by atoms with Crippen molar-refractivity contribution in [1.82, 2.24) is 4.72 Å². The Bertz CT molecular complexity index is 592. The zero-order valence-corrected chi connectivity index (χ0v) is 11.0. The maximum absolute atomic E-state index is 12.0. The molecule has 1 saturated carbocycles. The molecule has 0 aromatic heterocycles. The summed E-state index contributed by atoms with van der Waals surface area (Å²) in [4.78, 5) is 10.8. The van der Waals surface area contributed by atoms with E-state index in [0.29, 0.717) is 0 Å². The first-order valence-electron chi connectivity index (χ1n) is 5.58. The number of sulfonamides is 1. The number of hydrogen-bond donors (Lipinski definition) is 2. The van der Waals surface area contributed by atoms with Crippen LogP contribution in [0.4, 0.5) is 0 Å². The third-order valence-corrected chi connectivity index (χ3v) is 4.67. The Morgan fingerprint density at radius 1 is 1.44 bits per heavy atom. The molecule has 98 valence electrons. The Morgan fingerprint density at radius 2 is 2.06 bits per heavy atom. The number of benzene rings is 1. The van der Waals surface area contributed by atoms with Crippen LogP contribution in [0.5, 0.6) is 0 Å². The Morgan fingerprint density at radius 3 is 2.56 bits per heavy atom. The lowest BCUT2D eigenvalue weighted by atomic mass is 10.2. The van der Waals surface area contributed by atoms with Gasteiger partial charge in [0, 0.05) is 6.04 Å². The molecule has 1 aromatic carbocycles. The van der Waals surface area contributed by atoms with Gasteiger partial charge >= 0.3 is 5.97 Å². The maximum atomic E-state index is 12.0. The number of carboxylic acids is 1. The summed E-state index contributed by atoms with van der Waals surface area (Å²) >= 11 is 0. The standard InChI is InChI=1S/C12H15NO4S/c1-12(2)7-10(12)13-18(16,17)9-5-3-4-8(6-9)11(14)15/h3-6,10,13H,7H2,1-2H3,(H,14,15). The van der Waals surface area contributed by atoms with E-state index in [2.05, 4.69) is 4.72 Å². The Labute approximate surface area is 106 Å². The van der Waals surface area contributed by atoms with Crippen LogP contribution in [0.15, 0.2) is 29.2 Å². The molecule has 0 saturated heterocycles. The molecule has 2 rings (SSSR count). The summed E-state index contributed by atoms with van der Waals surface area (Å²) in [6, 6.07) is 5.28. The quantitative estimate of drug-likeness (QED) is 0.866. The molecular formula is C12H15NO4S. The van der Waals surface area contributed by atoms with Crippen molar-refractivity contribution in [1.29, 1.82) is 0 Å². The maximum Gasteiger partial charge on any atom is 0.335 e. The molecule has 1 unspecified atom stereocenters. The summed E-state index contributed by atoms with van der Waals surface area (Å²) in [6.07, 6.45) is 0.796. The third kappa shape index (κ3) is 2.54. The smallest absolute Gasteiger partial charge is 0.335 e. The molecule has 2 N–H and O–H groups in total. The van der Waals surface area contributed by atoms with Crippen LogP contribution in [-0.2, 0) is 10.0 Å². The van der Waals surface area contributed by atoms with Crippen molar-refractivity contribution in [3.8, 4) is 0 Å². The van der Waals surface area contributed by atoms with Crippen molar-refractivity contribution >= 4 is 16.0 Å². The fourth-order valence-corrected chi connectivity index (χ4v) is 3.17. The van der Waals surface area contributed by atoms with Crippen LogP contribution in [0.2, 0.25) is 0 Å². The Kier molecular flexibility index (Phi) is 2.95. The zero-order valence-electron chi connectivity index (χ0n) is 10.2. The van der Waals surface area contributed by atoms with Crippen LogP contribution in [-0.4, -0.2) is 25.5 Å². The van der Waals surface area contributed by atoms with Gasteiger partial charge in [-0.2, -0.15) is 0 Å². The molecule has 5 nitrogen and oxygen atoms in total. The van der Waals surface area contributed by atoms with E-state index in [0.717, 1.165) is 6.42 Å². The van der Waals surface area contributed by atoms with E-state index in [1.165, 1.54) is 24.3 Å². The minimum Gasteiger partial charge on any atom is -0.478 e. The molecular weight excluding hydrogens is 254 g/mol. The Balaban J connectivity index is 2.25. The largest absolute Gasteiger partial charge is 0.478 e. The lowest BCUT2D eigenvalue weighted by molar-refractivity contribution is 0.0696. The van der Waals surface area contributed by atoms with E-state index in [-0.39, 0.29) is 21.9 Å². The van der Waals surface area contributed by atoms with Gasteiger partial charge in [0.25, 0.3) is 0 Å². The topological polar surface area (TPSA) is 83.5 Å². The van der Waals surface area contributed by atoms with E-state index in [4.69, 9.17) is 5.11 Å². The predicted octanol–water partition coefficient (Wildman–Crippen LogP) is 1.46. The predicted molar refractivity (Wildman–Crippen MR) is 65.9 cm³/mol. The lowest BCUT2D eigenvalue weighted by Gasteiger charge is -2.08. The molecule has 0 aliphatic heterocycles. The normalized spacial score (nSPS) is 21.6. The molecule has 1 aromatic rings. The molecule has 1 fully saturated rings. The van der Waals surface area contributed by atoms with E-state index in [1.807, 2.05) is 13.8 Å². The molecule has 6 heteroatoms. The van der Waals surface area contributed by atoms with E-state index in [1.54, 1.807) is 0 Å². The zero-order chi connectivity index (χ0) is 13.6. The van der Waals surface area contributed by atoms with Crippen LogP contribution in [0.1, 0.15) is 30.6 Å². The second-order valence-corrected chi connectivity index (χ2v) is 6.91. The summed E-state index contributed by atoms with van der Waals surface area (Å²) in [6.45, 7) is 3.96. The third-order valence-electron chi connectivity index (χ3n) is 3.20. The summed E-state index contributed by atoms with van der Waals surface area (Å²) in [5, 5.41) is 8.84. The number of carboxylic acid groups (broad SMARTS) is 1. The average Bonchev–Trinajstić information content (AvgIpc) is 2.85. The molecule has 18 heavy (non-hydrogen) atoms. The van der Waals surface area contributed by atoms with Crippen LogP contribution in [0.3, 0.4) is 0 Å². The van der Waals surface area contributed by atoms with Gasteiger partial charge in [-0.25, -0.2) is 17.9 Å². The van der Waals surface area contributed by atoms with Gasteiger partial charge in [0.15, 0.2) is 0 Å². The molecule has 1 atom stereocenters. The van der Waals surface area contributed by atoms with Crippen LogP contribution in [0.25, 0.3) is 0 Å². The molecule has 0 radical (unpaired) electrons. The fourth-order valence-electron chi connectivity index (χ4n) is 1.72. The van der Waals surface area contributed by atoms with E-state index < -0.39 is 16.0 Å². The highest BCUT2D eigenvalue weighted by Crippen LogP contribution is 2.45.